The lowest BCUT2D eigenvalue weighted by Crippen LogP contribution is -2.13. The van der Waals surface area contributed by atoms with E-state index in [1.54, 1.807) is 0 Å². The van der Waals surface area contributed by atoms with Gasteiger partial charge in [-0.15, -0.1) is 0 Å². The Morgan fingerprint density at radius 1 is 1.38 bits per heavy atom. The lowest BCUT2D eigenvalue weighted by molar-refractivity contribution is -0.119. The first-order chi connectivity index (χ1) is 6.18. The lowest BCUT2D eigenvalue weighted by Gasteiger charge is -1.98. The second kappa shape index (κ2) is 3.14. The van der Waals surface area contributed by atoms with Gasteiger partial charge in [-0.25, -0.2) is 0 Å². The molecule has 1 aromatic rings. The molecule has 2 atom stereocenters. The average Bonchev–Trinajstić information content (AvgIpc) is 2.85. The third-order valence-corrected chi connectivity index (χ3v) is 2.98. The van der Waals surface area contributed by atoms with Gasteiger partial charge < -0.3 is 5.73 Å². The van der Waals surface area contributed by atoms with Crippen molar-refractivity contribution in [2.75, 3.05) is 0 Å². The number of hydrogen-bond donors (Lipinski definition) is 1. The predicted molar refractivity (Wildman–Crippen MR) is 54.2 cm³/mol. The summed E-state index contributed by atoms with van der Waals surface area (Å²) in [6.45, 7) is 0. The summed E-state index contributed by atoms with van der Waals surface area (Å²) in [5, 5.41) is 0. The maximum atomic E-state index is 10.8. The fourth-order valence-electron chi connectivity index (χ4n) is 1.59. The smallest absolute Gasteiger partial charge is 0.221 e. The molecule has 1 saturated carbocycles. The Morgan fingerprint density at radius 3 is 2.46 bits per heavy atom. The van der Waals surface area contributed by atoms with Gasteiger partial charge in [-0.2, -0.15) is 0 Å². The molecule has 0 saturated heterocycles. The highest BCUT2D eigenvalue weighted by Gasteiger charge is 2.42. The molecule has 2 N–H and O–H groups in total. The average molecular weight is 240 g/mol. The van der Waals surface area contributed by atoms with Crippen molar-refractivity contribution in [1.29, 1.82) is 0 Å². The molecule has 1 aliphatic rings. The zero-order valence-electron chi connectivity index (χ0n) is 7.03. The molecule has 0 bridgehead atoms. The van der Waals surface area contributed by atoms with Gasteiger partial charge in [0.2, 0.25) is 5.91 Å². The van der Waals surface area contributed by atoms with E-state index in [0.29, 0.717) is 5.92 Å². The third kappa shape index (κ3) is 1.75. The summed E-state index contributed by atoms with van der Waals surface area (Å²) in [5.74, 6) is 0.264. The Hall–Kier alpha value is -0.830. The number of nitrogens with two attached hydrogens (primary N) is 1. The van der Waals surface area contributed by atoms with E-state index < -0.39 is 0 Å². The van der Waals surface area contributed by atoms with Crippen molar-refractivity contribution in [3.63, 3.8) is 0 Å². The van der Waals surface area contributed by atoms with Gasteiger partial charge in [0.15, 0.2) is 0 Å². The van der Waals surface area contributed by atoms with Gasteiger partial charge in [0, 0.05) is 10.4 Å². The molecule has 1 fully saturated rings. The summed E-state index contributed by atoms with van der Waals surface area (Å²) in [4.78, 5) is 10.8. The van der Waals surface area contributed by atoms with E-state index in [1.807, 2.05) is 24.3 Å². The van der Waals surface area contributed by atoms with E-state index in [0.717, 1.165) is 10.9 Å². The standard InChI is InChI=1S/C10H10BrNO/c11-7-3-1-6(2-4-7)8-5-9(8)10(12)13/h1-4,8-9H,5H2,(H2,12,13)/t8-,9-/m1/s1. The second-order valence-corrected chi connectivity index (χ2v) is 4.32. The SMILES string of the molecule is NC(=O)[C@@H]1C[C@@H]1c1ccc(Br)cc1. The van der Waals surface area contributed by atoms with Crippen molar-refractivity contribution < 1.29 is 4.79 Å². The minimum atomic E-state index is -0.173. The Kier molecular flexibility index (Phi) is 2.12. The largest absolute Gasteiger partial charge is 0.369 e. The molecule has 1 aromatic carbocycles. The van der Waals surface area contributed by atoms with Gasteiger partial charge >= 0.3 is 0 Å². The summed E-state index contributed by atoms with van der Waals surface area (Å²) < 4.78 is 1.06. The van der Waals surface area contributed by atoms with Crippen LogP contribution in [0.15, 0.2) is 28.7 Å². The van der Waals surface area contributed by atoms with Crippen LogP contribution in [-0.2, 0) is 4.79 Å². The van der Waals surface area contributed by atoms with Crippen LogP contribution in [0.4, 0.5) is 0 Å². The molecule has 0 aromatic heterocycles. The van der Waals surface area contributed by atoms with Crippen LogP contribution >= 0.6 is 15.9 Å². The Balaban J connectivity index is 2.12. The summed E-state index contributed by atoms with van der Waals surface area (Å²) in [6.07, 6.45) is 0.914. The number of benzene rings is 1. The number of halogens is 1. The number of amides is 1. The van der Waals surface area contributed by atoms with Crippen LogP contribution in [0.3, 0.4) is 0 Å². The van der Waals surface area contributed by atoms with Crippen LogP contribution < -0.4 is 5.73 Å². The molecule has 0 unspecified atom stereocenters. The first-order valence-electron chi connectivity index (χ1n) is 4.23. The van der Waals surface area contributed by atoms with Crippen LogP contribution in [-0.4, -0.2) is 5.91 Å². The first-order valence-corrected chi connectivity index (χ1v) is 5.02. The molecule has 3 heteroatoms. The van der Waals surface area contributed by atoms with Crippen LogP contribution in [0, 0.1) is 5.92 Å². The Labute approximate surface area is 85.3 Å². The molecule has 2 nitrogen and oxygen atoms in total. The van der Waals surface area contributed by atoms with Crippen molar-refractivity contribution in [2.24, 2.45) is 11.7 Å². The van der Waals surface area contributed by atoms with Crippen LogP contribution in [0.5, 0.6) is 0 Å². The van der Waals surface area contributed by atoms with E-state index in [2.05, 4.69) is 15.9 Å². The number of carbonyl (C=O) groups is 1. The van der Waals surface area contributed by atoms with E-state index in [4.69, 9.17) is 5.73 Å². The molecular formula is C10H10BrNO. The van der Waals surface area contributed by atoms with Crippen molar-refractivity contribution >= 4 is 21.8 Å². The highest BCUT2D eigenvalue weighted by Crippen LogP contribution is 2.47. The van der Waals surface area contributed by atoms with Crippen molar-refractivity contribution in [2.45, 2.75) is 12.3 Å². The normalized spacial score (nSPS) is 25.6. The van der Waals surface area contributed by atoms with Crippen LogP contribution in [0.25, 0.3) is 0 Å². The van der Waals surface area contributed by atoms with Gasteiger partial charge in [-0.1, -0.05) is 28.1 Å². The van der Waals surface area contributed by atoms with Crippen LogP contribution in [0.1, 0.15) is 17.9 Å². The fraction of sp³-hybridized carbons (Fsp3) is 0.300. The number of rotatable bonds is 2. The summed E-state index contributed by atoms with van der Waals surface area (Å²) >= 11 is 3.37. The van der Waals surface area contributed by atoms with E-state index in [-0.39, 0.29) is 11.8 Å². The third-order valence-electron chi connectivity index (χ3n) is 2.45. The Morgan fingerprint density at radius 2 is 2.00 bits per heavy atom. The van der Waals surface area contributed by atoms with E-state index in [9.17, 15) is 4.79 Å². The molecule has 1 aliphatic carbocycles. The molecule has 0 aliphatic heterocycles. The molecule has 68 valence electrons. The highest BCUT2D eigenvalue weighted by atomic mass is 79.9. The molecule has 0 spiro atoms. The van der Waals surface area contributed by atoms with E-state index >= 15 is 0 Å². The van der Waals surface area contributed by atoms with Gasteiger partial charge in [-0.05, 0) is 30.0 Å². The lowest BCUT2D eigenvalue weighted by atomic mass is 10.1. The van der Waals surface area contributed by atoms with Gasteiger partial charge in [-0.3, -0.25) is 4.79 Å². The zero-order chi connectivity index (χ0) is 9.42. The van der Waals surface area contributed by atoms with Gasteiger partial charge in [0.1, 0.15) is 0 Å². The maximum Gasteiger partial charge on any atom is 0.221 e. The maximum absolute atomic E-state index is 10.8. The molecular weight excluding hydrogens is 230 g/mol. The summed E-state index contributed by atoms with van der Waals surface area (Å²) in [5.41, 5.74) is 6.42. The van der Waals surface area contributed by atoms with Gasteiger partial charge in [0.25, 0.3) is 0 Å². The predicted octanol–water partition coefficient (Wildman–Crippen LogP) is 2.04. The molecule has 13 heavy (non-hydrogen) atoms. The minimum Gasteiger partial charge on any atom is -0.369 e. The van der Waals surface area contributed by atoms with Crippen molar-refractivity contribution in [3.05, 3.63) is 34.3 Å². The number of hydrogen-bond acceptors (Lipinski definition) is 1. The second-order valence-electron chi connectivity index (χ2n) is 3.40. The summed E-state index contributed by atoms with van der Waals surface area (Å²) in [7, 11) is 0. The number of carbonyl (C=O) groups excluding carboxylic acids is 1. The monoisotopic (exact) mass is 239 g/mol. The molecule has 2 rings (SSSR count). The highest BCUT2D eigenvalue weighted by molar-refractivity contribution is 9.10. The van der Waals surface area contributed by atoms with E-state index in [1.165, 1.54) is 5.56 Å². The minimum absolute atomic E-state index is 0.0705. The van der Waals surface area contributed by atoms with Crippen molar-refractivity contribution in [3.8, 4) is 0 Å². The first kappa shape index (κ1) is 8.75. The fourth-order valence-corrected chi connectivity index (χ4v) is 1.85. The molecule has 1 amide bonds. The zero-order valence-corrected chi connectivity index (χ0v) is 8.62. The molecule has 0 radical (unpaired) electrons. The number of primary amides is 1. The quantitative estimate of drug-likeness (QED) is 0.844. The summed E-state index contributed by atoms with van der Waals surface area (Å²) in [6, 6.07) is 8.06. The van der Waals surface area contributed by atoms with Crippen molar-refractivity contribution in [1.82, 2.24) is 0 Å². The topological polar surface area (TPSA) is 43.1 Å². The Bertz CT molecular complexity index is 333. The molecule has 0 heterocycles. The van der Waals surface area contributed by atoms with Gasteiger partial charge in [0.05, 0.1) is 0 Å². The van der Waals surface area contributed by atoms with Crippen LogP contribution in [0.2, 0.25) is 0 Å².